The van der Waals surface area contributed by atoms with Crippen LogP contribution in [0.4, 0.5) is 5.82 Å². The number of nitrogens with one attached hydrogen (secondary N) is 1. The maximum Gasteiger partial charge on any atom is 0.295 e. The lowest BCUT2D eigenvalue weighted by Gasteiger charge is -2.35. The third-order valence-corrected chi connectivity index (χ3v) is 6.15. The predicted octanol–water partition coefficient (Wildman–Crippen LogP) is 3.58. The molecular formula is C25H26N6O3. The Morgan fingerprint density at radius 2 is 1.82 bits per heavy atom. The van der Waals surface area contributed by atoms with E-state index in [1.165, 1.54) is 0 Å². The fourth-order valence-electron chi connectivity index (χ4n) is 4.25. The Morgan fingerprint density at radius 3 is 2.50 bits per heavy atom. The number of Topliss-reactive ketones (excluding diaryl/α,β-unsaturated/α-hetero) is 1. The molecule has 3 aromatic heterocycles. The number of hydrogen-bond acceptors (Lipinski definition) is 7. The van der Waals surface area contributed by atoms with Crippen molar-refractivity contribution in [2.24, 2.45) is 0 Å². The van der Waals surface area contributed by atoms with Crippen LogP contribution in [0.2, 0.25) is 0 Å². The zero-order valence-electron chi connectivity index (χ0n) is 19.4. The van der Waals surface area contributed by atoms with E-state index in [1.807, 2.05) is 57.2 Å². The van der Waals surface area contributed by atoms with Crippen molar-refractivity contribution in [3.8, 4) is 11.4 Å². The van der Waals surface area contributed by atoms with Gasteiger partial charge < -0.3 is 19.3 Å². The van der Waals surface area contributed by atoms with Crippen molar-refractivity contribution in [1.82, 2.24) is 25.0 Å². The van der Waals surface area contributed by atoms with Gasteiger partial charge in [-0.2, -0.15) is 4.98 Å². The summed E-state index contributed by atoms with van der Waals surface area (Å²) in [5.41, 5.74) is 2.82. The lowest BCUT2D eigenvalue weighted by Crippen LogP contribution is -2.50. The highest BCUT2D eigenvalue weighted by atomic mass is 16.5. The van der Waals surface area contributed by atoms with Crippen LogP contribution in [-0.4, -0.2) is 62.9 Å². The lowest BCUT2D eigenvalue weighted by atomic mass is 10.1. The number of ketones is 1. The Balaban J connectivity index is 1.24. The molecule has 0 spiro atoms. The number of aryl methyl sites for hydroxylation is 1. The van der Waals surface area contributed by atoms with Gasteiger partial charge in [0.15, 0.2) is 0 Å². The van der Waals surface area contributed by atoms with Gasteiger partial charge in [-0.15, -0.1) is 0 Å². The van der Waals surface area contributed by atoms with Crippen LogP contribution in [0.5, 0.6) is 0 Å². The Bertz CT molecular complexity index is 1350. The van der Waals surface area contributed by atoms with E-state index in [0.29, 0.717) is 49.2 Å². The molecule has 174 valence electrons. The lowest BCUT2D eigenvalue weighted by molar-refractivity contribution is -0.126. The Kier molecular flexibility index (Phi) is 5.61. The van der Waals surface area contributed by atoms with Gasteiger partial charge in [-0.25, -0.2) is 4.98 Å². The number of fused-ring (bicyclic) bond motifs is 1. The van der Waals surface area contributed by atoms with Crippen molar-refractivity contribution < 1.29 is 14.1 Å². The number of nitrogens with zero attached hydrogens (tertiary/aromatic N) is 5. The highest BCUT2D eigenvalue weighted by molar-refractivity contribution is 6.45. The van der Waals surface area contributed by atoms with Gasteiger partial charge in [0.25, 0.3) is 11.7 Å². The summed E-state index contributed by atoms with van der Waals surface area (Å²) in [6.45, 7) is 7.92. The Hall–Kier alpha value is -4.01. The second-order valence-corrected chi connectivity index (χ2v) is 8.79. The second-order valence-electron chi connectivity index (χ2n) is 8.79. The molecule has 1 N–H and O–H groups in total. The summed E-state index contributed by atoms with van der Waals surface area (Å²) in [7, 11) is 0. The summed E-state index contributed by atoms with van der Waals surface area (Å²) in [6.07, 6.45) is 1.73. The molecule has 0 aliphatic carbocycles. The fraction of sp³-hybridized carbons (Fsp3) is 0.320. The number of pyridine rings is 1. The molecule has 0 radical (unpaired) electrons. The van der Waals surface area contributed by atoms with E-state index in [0.717, 1.165) is 22.3 Å². The summed E-state index contributed by atoms with van der Waals surface area (Å²) in [5.74, 6) is 1.16. The minimum atomic E-state index is -0.466. The number of amides is 1. The van der Waals surface area contributed by atoms with Crippen LogP contribution in [-0.2, 0) is 4.79 Å². The quantitative estimate of drug-likeness (QED) is 0.360. The number of aromatic nitrogens is 4. The molecule has 0 atom stereocenters. The monoisotopic (exact) mass is 458 g/mol. The normalized spacial score (nSPS) is 14.2. The van der Waals surface area contributed by atoms with Crippen LogP contribution in [0, 0.1) is 6.92 Å². The summed E-state index contributed by atoms with van der Waals surface area (Å²) in [4.78, 5) is 41.9. The number of H-pyrrole nitrogens is 1. The maximum absolute atomic E-state index is 13.1. The van der Waals surface area contributed by atoms with Gasteiger partial charge in [0.05, 0.1) is 5.56 Å². The van der Waals surface area contributed by atoms with Crippen LogP contribution in [0.3, 0.4) is 0 Å². The molecule has 4 aromatic rings. The fourth-order valence-corrected chi connectivity index (χ4v) is 4.25. The first kappa shape index (κ1) is 21.8. The van der Waals surface area contributed by atoms with Gasteiger partial charge in [0, 0.05) is 60.5 Å². The first-order valence-electron chi connectivity index (χ1n) is 11.4. The molecule has 1 aliphatic rings. The Labute approximate surface area is 196 Å². The molecule has 34 heavy (non-hydrogen) atoms. The van der Waals surface area contributed by atoms with Gasteiger partial charge in [-0.1, -0.05) is 37.2 Å². The molecule has 1 saturated heterocycles. The molecule has 5 rings (SSSR count). The van der Waals surface area contributed by atoms with E-state index in [9.17, 15) is 9.59 Å². The molecule has 0 saturated carbocycles. The minimum absolute atomic E-state index is 0.166. The number of hydrogen-bond donors (Lipinski definition) is 1. The summed E-state index contributed by atoms with van der Waals surface area (Å²) >= 11 is 0. The van der Waals surface area contributed by atoms with Gasteiger partial charge >= 0.3 is 0 Å². The molecule has 9 heteroatoms. The van der Waals surface area contributed by atoms with Crippen LogP contribution in [0.25, 0.3) is 22.3 Å². The molecule has 1 fully saturated rings. The van der Waals surface area contributed by atoms with E-state index >= 15 is 0 Å². The third-order valence-electron chi connectivity index (χ3n) is 6.15. The zero-order valence-corrected chi connectivity index (χ0v) is 19.4. The SMILES string of the molecule is Cc1[nH]c2ccccc2c1C(=O)C(=O)N1CCN(c2ccc(-c3noc(C(C)C)n3)cn2)CC1. The molecule has 1 aliphatic heterocycles. The summed E-state index contributed by atoms with van der Waals surface area (Å²) in [5, 5.41) is 4.80. The molecule has 1 amide bonds. The van der Waals surface area contributed by atoms with Gasteiger partial charge in [-0.3, -0.25) is 9.59 Å². The maximum atomic E-state index is 13.1. The number of benzene rings is 1. The van der Waals surface area contributed by atoms with E-state index in [-0.39, 0.29) is 5.92 Å². The van der Waals surface area contributed by atoms with Crippen LogP contribution >= 0.6 is 0 Å². The van der Waals surface area contributed by atoms with Crippen LogP contribution in [0.1, 0.15) is 41.7 Å². The number of para-hydroxylation sites is 1. The number of rotatable bonds is 5. The second kappa shape index (κ2) is 8.74. The van der Waals surface area contributed by atoms with Crippen LogP contribution < -0.4 is 4.90 Å². The van der Waals surface area contributed by atoms with E-state index in [4.69, 9.17) is 4.52 Å². The van der Waals surface area contributed by atoms with E-state index in [1.54, 1.807) is 11.1 Å². The first-order valence-corrected chi connectivity index (χ1v) is 11.4. The van der Waals surface area contributed by atoms with Gasteiger partial charge in [-0.05, 0) is 25.1 Å². The molecule has 1 aromatic carbocycles. The standard InChI is InChI=1S/C25H26N6O3/c1-15(2)24-28-23(29-34-24)17-8-9-20(26-14-17)30-10-12-31(13-11-30)25(33)22(32)21-16(3)27-19-7-5-4-6-18(19)21/h4-9,14-15,27H,10-13H2,1-3H3. The number of piperazine rings is 1. The van der Waals surface area contributed by atoms with Gasteiger partial charge in [0.2, 0.25) is 11.7 Å². The van der Waals surface area contributed by atoms with E-state index < -0.39 is 11.7 Å². The number of carbonyl (C=O) groups is 2. The van der Waals surface area contributed by atoms with Crippen molar-refractivity contribution in [2.75, 3.05) is 31.1 Å². The number of aromatic amines is 1. The smallest absolute Gasteiger partial charge is 0.295 e. The average molecular weight is 459 g/mol. The number of carbonyl (C=O) groups excluding carboxylic acids is 2. The van der Waals surface area contributed by atoms with Crippen molar-refractivity contribution in [2.45, 2.75) is 26.7 Å². The Morgan fingerprint density at radius 1 is 1.06 bits per heavy atom. The van der Waals surface area contributed by atoms with Crippen LogP contribution in [0.15, 0.2) is 47.1 Å². The first-order chi connectivity index (χ1) is 16.4. The highest BCUT2D eigenvalue weighted by Gasteiger charge is 2.30. The molecule has 0 unspecified atom stereocenters. The average Bonchev–Trinajstić information content (AvgIpc) is 3.48. The molecular weight excluding hydrogens is 432 g/mol. The van der Waals surface area contributed by atoms with Gasteiger partial charge in [0.1, 0.15) is 5.82 Å². The van der Waals surface area contributed by atoms with Crippen molar-refractivity contribution >= 4 is 28.4 Å². The third kappa shape index (κ3) is 3.93. The molecule has 4 heterocycles. The summed E-state index contributed by atoms with van der Waals surface area (Å²) < 4.78 is 5.27. The minimum Gasteiger partial charge on any atom is -0.358 e. The van der Waals surface area contributed by atoms with E-state index in [2.05, 4.69) is 25.0 Å². The molecule has 9 nitrogen and oxygen atoms in total. The van der Waals surface area contributed by atoms with Crippen molar-refractivity contribution in [3.63, 3.8) is 0 Å². The topological polar surface area (TPSA) is 108 Å². The highest BCUT2D eigenvalue weighted by Crippen LogP contribution is 2.24. The largest absolute Gasteiger partial charge is 0.358 e. The van der Waals surface area contributed by atoms with Crippen molar-refractivity contribution in [3.05, 3.63) is 59.7 Å². The number of anilines is 1. The predicted molar refractivity (Wildman–Crippen MR) is 128 cm³/mol. The molecule has 0 bridgehead atoms. The zero-order chi connectivity index (χ0) is 23.8. The summed E-state index contributed by atoms with van der Waals surface area (Å²) in [6, 6.07) is 11.4. The van der Waals surface area contributed by atoms with Crippen molar-refractivity contribution in [1.29, 1.82) is 0 Å².